The summed E-state index contributed by atoms with van der Waals surface area (Å²) >= 11 is 0. The molecule has 0 aliphatic carbocycles. The van der Waals surface area contributed by atoms with Gasteiger partial charge in [-0.05, 0) is 65.8 Å². The van der Waals surface area contributed by atoms with Gasteiger partial charge < -0.3 is 15.4 Å². The van der Waals surface area contributed by atoms with Crippen molar-refractivity contribution in [2.24, 2.45) is 0 Å². The molecule has 188 valence electrons. The van der Waals surface area contributed by atoms with Crippen LogP contribution < -0.4 is 10.6 Å². The first-order chi connectivity index (χ1) is 17.2. The van der Waals surface area contributed by atoms with Gasteiger partial charge in [0.1, 0.15) is 0 Å². The third-order valence-electron chi connectivity index (χ3n) is 5.71. The van der Waals surface area contributed by atoms with Gasteiger partial charge in [0, 0.05) is 23.4 Å². The summed E-state index contributed by atoms with van der Waals surface area (Å²) in [6.45, 7) is 6.72. The number of aryl methyl sites for hydroxylation is 1. The third-order valence-corrected chi connectivity index (χ3v) is 5.71. The molecule has 0 saturated heterocycles. The second-order valence-corrected chi connectivity index (χ2v) is 9.72. The summed E-state index contributed by atoms with van der Waals surface area (Å²) in [6.07, 6.45) is 1.65. The van der Waals surface area contributed by atoms with Crippen molar-refractivity contribution >= 4 is 29.2 Å². The van der Waals surface area contributed by atoms with Gasteiger partial charge >= 0.3 is 5.97 Å². The highest BCUT2D eigenvalue weighted by Gasteiger charge is 2.14. The van der Waals surface area contributed by atoms with Gasteiger partial charge in [-0.15, -0.1) is 0 Å². The molecule has 3 rings (SSSR count). The zero-order chi connectivity index (χ0) is 26.0. The molecule has 0 fully saturated rings. The number of hydrogen-bond acceptors (Lipinski definition) is 4. The second-order valence-electron chi connectivity index (χ2n) is 9.72. The highest BCUT2D eigenvalue weighted by Crippen LogP contribution is 2.22. The van der Waals surface area contributed by atoms with Crippen molar-refractivity contribution in [1.29, 1.82) is 0 Å². The van der Waals surface area contributed by atoms with Crippen molar-refractivity contribution in [2.75, 3.05) is 17.2 Å². The van der Waals surface area contributed by atoms with Crippen molar-refractivity contribution in [1.82, 2.24) is 0 Å². The molecule has 0 bridgehead atoms. The summed E-state index contributed by atoms with van der Waals surface area (Å²) in [6, 6.07) is 24.4. The zero-order valence-corrected chi connectivity index (χ0v) is 21.2. The Balaban J connectivity index is 1.37. The van der Waals surface area contributed by atoms with Crippen LogP contribution in [0.2, 0.25) is 0 Å². The van der Waals surface area contributed by atoms with E-state index in [4.69, 9.17) is 4.74 Å². The molecular formula is C30H34N2O4. The predicted molar refractivity (Wildman–Crippen MR) is 143 cm³/mol. The van der Waals surface area contributed by atoms with Gasteiger partial charge in [-0.25, -0.2) is 0 Å². The quantitative estimate of drug-likeness (QED) is 0.267. The van der Waals surface area contributed by atoms with Crippen LogP contribution in [0.5, 0.6) is 0 Å². The number of rotatable bonds is 10. The van der Waals surface area contributed by atoms with Gasteiger partial charge in [-0.1, -0.05) is 63.2 Å². The monoisotopic (exact) mass is 486 g/mol. The average Bonchev–Trinajstić information content (AvgIpc) is 2.87. The van der Waals surface area contributed by atoms with E-state index < -0.39 is 0 Å². The summed E-state index contributed by atoms with van der Waals surface area (Å²) in [5.41, 5.74) is 4.18. The fourth-order valence-corrected chi connectivity index (χ4v) is 3.58. The van der Waals surface area contributed by atoms with E-state index in [-0.39, 0.29) is 36.0 Å². The smallest absolute Gasteiger partial charge is 0.306 e. The maximum absolute atomic E-state index is 12.5. The van der Waals surface area contributed by atoms with E-state index in [0.29, 0.717) is 23.5 Å². The van der Waals surface area contributed by atoms with E-state index >= 15 is 0 Å². The molecule has 0 heterocycles. The number of benzene rings is 3. The lowest BCUT2D eigenvalue weighted by molar-refractivity contribution is -0.144. The molecule has 0 aliphatic heterocycles. The minimum Gasteiger partial charge on any atom is -0.466 e. The molecule has 0 aliphatic rings. The summed E-state index contributed by atoms with van der Waals surface area (Å²) in [4.78, 5) is 36.6. The molecule has 2 amide bonds. The van der Waals surface area contributed by atoms with Crippen molar-refractivity contribution in [3.8, 4) is 0 Å². The van der Waals surface area contributed by atoms with Crippen molar-refractivity contribution in [3.05, 3.63) is 95.6 Å². The molecule has 6 nitrogen and oxygen atoms in total. The number of amides is 2. The van der Waals surface area contributed by atoms with Crippen LogP contribution in [-0.2, 0) is 26.2 Å². The lowest BCUT2D eigenvalue weighted by Crippen LogP contribution is -2.15. The lowest BCUT2D eigenvalue weighted by Gasteiger charge is -2.19. The number of hydrogen-bond donors (Lipinski definition) is 2. The summed E-state index contributed by atoms with van der Waals surface area (Å²) in [7, 11) is 0. The Morgan fingerprint density at radius 2 is 1.36 bits per heavy atom. The Bertz CT molecular complexity index is 1150. The van der Waals surface area contributed by atoms with Gasteiger partial charge in [0.05, 0.1) is 13.0 Å². The van der Waals surface area contributed by atoms with Crippen LogP contribution in [-0.4, -0.2) is 24.4 Å². The van der Waals surface area contributed by atoms with Gasteiger partial charge in [0.15, 0.2) is 0 Å². The molecule has 0 atom stereocenters. The molecule has 0 spiro atoms. The van der Waals surface area contributed by atoms with Crippen molar-refractivity contribution in [3.63, 3.8) is 0 Å². The highest BCUT2D eigenvalue weighted by molar-refractivity contribution is 6.04. The summed E-state index contributed by atoms with van der Waals surface area (Å²) < 4.78 is 5.22. The molecule has 0 unspecified atom stereocenters. The molecule has 3 aromatic carbocycles. The Kier molecular flexibility index (Phi) is 9.39. The first-order valence-corrected chi connectivity index (χ1v) is 12.2. The summed E-state index contributed by atoms with van der Waals surface area (Å²) in [5.74, 6) is -0.853. The molecule has 0 saturated carbocycles. The van der Waals surface area contributed by atoms with Crippen molar-refractivity contribution < 1.29 is 19.1 Å². The van der Waals surface area contributed by atoms with Crippen LogP contribution in [0.4, 0.5) is 11.4 Å². The maximum atomic E-state index is 12.5. The molecule has 36 heavy (non-hydrogen) atoms. The standard InChI is InChI=1S/C30H34N2O4/c1-30(2,3)24-13-11-23(12-14-24)29(35)32-26-17-15-25(16-18-26)31-27(33)19-20-28(34)36-21-7-10-22-8-5-4-6-9-22/h4-6,8-9,11-18H,7,10,19-21H2,1-3H3,(H,31,33)(H,32,35). The van der Waals surface area contributed by atoms with E-state index in [2.05, 4.69) is 31.4 Å². The van der Waals surface area contributed by atoms with Crippen LogP contribution in [0.15, 0.2) is 78.9 Å². The fraction of sp³-hybridized carbons (Fsp3) is 0.300. The topological polar surface area (TPSA) is 84.5 Å². The first kappa shape index (κ1) is 26.7. The average molecular weight is 487 g/mol. The Labute approximate surface area is 213 Å². The van der Waals surface area contributed by atoms with Gasteiger partial charge in [-0.2, -0.15) is 0 Å². The van der Waals surface area contributed by atoms with Gasteiger partial charge in [-0.3, -0.25) is 14.4 Å². The highest BCUT2D eigenvalue weighted by atomic mass is 16.5. The second kappa shape index (κ2) is 12.7. The number of esters is 1. The van der Waals surface area contributed by atoms with Crippen LogP contribution in [0.3, 0.4) is 0 Å². The van der Waals surface area contributed by atoms with Crippen LogP contribution >= 0.6 is 0 Å². The minimum atomic E-state index is -0.383. The predicted octanol–water partition coefficient (Wildman–Crippen LogP) is 6.13. The van der Waals surface area contributed by atoms with Crippen molar-refractivity contribution in [2.45, 2.75) is 51.9 Å². The maximum Gasteiger partial charge on any atom is 0.306 e. The zero-order valence-electron chi connectivity index (χ0n) is 21.2. The largest absolute Gasteiger partial charge is 0.466 e. The van der Waals surface area contributed by atoms with Gasteiger partial charge in [0.2, 0.25) is 5.91 Å². The Morgan fingerprint density at radius 1 is 0.750 bits per heavy atom. The normalized spacial score (nSPS) is 11.0. The van der Waals surface area contributed by atoms with E-state index in [1.54, 1.807) is 24.3 Å². The molecular weight excluding hydrogens is 452 g/mol. The molecule has 3 aromatic rings. The van der Waals surface area contributed by atoms with Gasteiger partial charge in [0.25, 0.3) is 5.91 Å². The van der Waals surface area contributed by atoms with Crippen LogP contribution in [0.1, 0.15) is 61.5 Å². The SMILES string of the molecule is CC(C)(C)c1ccc(C(=O)Nc2ccc(NC(=O)CCC(=O)OCCCc3ccccc3)cc2)cc1. The third kappa shape index (κ3) is 8.69. The molecule has 0 radical (unpaired) electrons. The number of carbonyl (C=O) groups is 3. The lowest BCUT2D eigenvalue weighted by atomic mass is 9.87. The fourth-order valence-electron chi connectivity index (χ4n) is 3.58. The number of nitrogens with one attached hydrogen (secondary N) is 2. The van der Waals surface area contributed by atoms with E-state index in [1.165, 1.54) is 5.56 Å². The summed E-state index contributed by atoms with van der Waals surface area (Å²) in [5, 5.41) is 5.62. The van der Waals surface area contributed by atoms with Crippen LogP contribution in [0.25, 0.3) is 0 Å². The first-order valence-electron chi connectivity index (χ1n) is 12.2. The number of ether oxygens (including phenoxy) is 1. The van der Waals surface area contributed by atoms with Crippen LogP contribution in [0, 0.1) is 0 Å². The molecule has 6 heteroatoms. The van der Waals surface area contributed by atoms with E-state index in [1.807, 2.05) is 54.6 Å². The Hall–Kier alpha value is -3.93. The van der Waals surface area contributed by atoms with E-state index in [9.17, 15) is 14.4 Å². The minimum absolute atomic E-state index is 0.0259. The molecule has 0 aromatic heterocycles. The Morgan fingerprint density at radius 3 is 1.97 bits per heavy atom. The molecule has 2 N–H and O–H groups in total. The number of carbonyl (C=O) groups excluding carboxylic acids is 3. The van der Waals surface area contributed by atoms with E-state index in [0.717, 1.165) is 18.4 Å². The number of anilines is 2.